The molecule has 0 saturated heterocycles. The van der Waals surface area contributed by atoms with Gasteiger partial charge in [0.15, 0.2) is 0 Å². The summed E-state index contributed by atoms with van der Waals surface area (Å²) >= 11 is 6.02. The highest BCUT2D eigenvalue weighted by Gasteiger charge is 2.33. The molecule has 3 nitrogen and oxygen atoms in total. The number of aryl methyl sites for hydroxylation is 1. The SMILES string of the molecule is CCC(C1CC1)n1nc(C)c(Cl)c1N. The Bertz CT molecular complexity index is 341. The summed E-state index contributed by atoms with van der Waals surface area (Å²) < 4.78 is 1.91. The van der Waals surface area contributed by atoms with Crippen LogP contribution in [-0.2, 0) is 0 Å². The lowest BCUT2D eigenvalue weighted by Gasteiger charge is -2.15. The average molecular weight is 214 g/mol. The van der Waals surface area contributed by atoms with Crippen molar-refractivity contribution < 1.29 is 0 Å². The number of nitrogen functional groups attached to an aromatic ring is 1. The Kier molecular flexibility index (Phi) is 2.43. The predicted octanol–water partition coefficient (Wildman–Crippen LogP) is 2.79. The first-order valence-corrected chi connectivity index (χ1v) is 5.53. The Hall–Kier alpha value is -0.700. The highest BCUT2D eigenvalue weighted by atomic mass is 35.5. The number of hydrogen-bond acceptors (Lipinski definition) is 2. The second-order valence-corrected chi connectivity index (χ2v) is 4.42. The lowest BCUT2D eigenvalue weighted by molar-refractivity contribution is 0.397. The van der Waals surface area contributed by atoms with Crippen LogP contribution in [0.1, 0.15) is 37.9 Å². The molecule has 0 aliphatic heterocycles. The molecule has 1 aromatic heterocycles. The van der Waals surface area contributed by atoms with Crippen LogP contribution in [0.2, 0.25) is 5.02 Å². The van der Waals surface area contributed by atoms with Crippen molar-refractivity contribution in [3.8, 4) is 0 Å². The van der Waals surface area contributed by atoms with Crippen molar-refractivity contribution in [2.45, 2.75) is 39.2 Å². The topological polar surface area (TPSA) is 43.8 Å². The van der Waals surface area contributed by atoms with Gasteiger partial charge in [0, 0.05) is 0 Å². The quantitative estimate of drug-likeness (QED) is 0.839. The lowest BCUT2D eigenvalue weighted by Crippen LogP contribution is -2.14. The van der Waals surface area contributed by atoms with Crippen LogP contribution >= 0.6 is 11.6 Å². The summed E-state index contributed by atoms with van der Waals surface area (Å²) in [7, 11) is 0. The van der Waals surface area contributed by atoms with E-state index in [4.69, 9.17) is 17.3 Å². The number of aromatic nitrogens is 2. The van der Waals surface area contributed by atoms with Gasteiger partial charge in [0.05, 0.1) is 11.7 Å². The molecule has 0 bridgehead atoms. The monoisotopic (exact) mass is 213 g/mol. The number of nitrogens with two attached hydrogens (primary N) is 1. The molecule has 2 N–H and O–H groups in total. The largest absolute Gasteiger partial charge is 0.383 e. The fraction of sp³-hybridized carbons (Fsp3) is 0.700. The highest BCUT2D eigenvalue weighted by Crippen LogP contribution is 2.43. The predicted molar refractivity (Wildman–Crippen MR) is 58.4 cm³/mol. The second kappa shape index (κ2) is 3.46. The van der Waals surface area contributed by atoms with E-state index in [0.717, 1.165) is 18.0 Å². The second-order valence-electron chi connectivity index (χ2n) is 4.04. The van der Waals surface area contributed by atoms with Crippen molar-refractivity contribution in [3.63, 3.8) is 0 Å². The van der Waals surface area contributed by atoms with E-state index in [9.17, 15) is 0 Å². The molecule has 1 fully saturated rings. The van der Waals surface area contributed by atoms with E-state index >= 15 is 0 Å². The summed E-state index contributed by atoms with van der Waals surface area (Å²) in [5.41, 5.74) is 6.75. The summed E-state index contributed by atoms with van der Waals surface area (Å²) in [6.45, 7) is 4.07. The first kappa shape index (κ1) is 9.84. The summed E-state index contributed by atoms with van der Waals surface area (Å²) in [5, 5.41) is 5.02. The van der Waals surface area contributed by atoms with Crippen LogP contribution in [0.15, 0.2) is 0 Å². The Balaban J connectivity index is 2.33. The Morgan fingerprint density at radius 1 is 1.64 bits per heavy atom. The minimum absolute atomic E-state index is 0.446. The third-order valence-corrected chi connectivity index (χ3v) is 3.41. The van der Waals surface area contributed by atoms with Gasteiger partial charge in [-0.3, -0.25) is 0 Å². The molecule has 78 valence electrons. The zero-order valence-corrected chi connectivity index (χ0v) is 9.38. The van der Waals surface area contributed by atoms with Gasteiger partial charge >= 0.3 is 0 Å². The molecule has 0 amide bonds. The van der Waals surface area contributed by atoms with Crippen LogP contribution in [0.5, 0.6) is 0 Å². The van der Waals surface area contributed by atoms with E-state index in [1.54, 1.807) is 0 Å². The van der Waals surface area contributed by atoms with Gasteiger partial charge in [-0.1, -0.05) is 18.5 Å². The van der Waals surface area contributed by atoms with E-state index in [0.29, 0.717) is 16.9 Å². The molecule has 0 spiro atoms. The molecular weight excluding hydrogens is 198 g/mol. The number of rotatable bonds is 3. The molecule has 1 aliphatic rings. The maximum Gasteiger partial charge on any atom is 0.141 e. The lowest BCUT2D eigenvalue weighted by atomic mass is 10.1. The zero-order valence-electron chi connectivity index (χ0n) is 8.63. The molecule has 1 unspecified atom stereocenters. The van der Waals surface area contributed by atoms with Crippen molar-refractivity contribution in [3.05, 3.63) is 10.7 Å². The van der Waals surface area contributed by atoms with Gasteiger partial charge in [0.1, 0.15) is 10.8 Å². The van der Waals surface area contributed by atoms with Gasteiger partial charge in [-0.15, -0.1) is 0 Å². The van der Waals surface area contributed by atoms with Crippen LogP contribution in [0, 0.1) is 12.8 Å². The smallest absolute Gasteiger partial charge is 0.141 e. The summed E-state index contributed by atoms with van der Waals surface area (Å²) in [6.07, 6.45) is 3.68. The van der Waals surface area contributed by atoms with Crippen molar-refractivity contribution in [2.75, 3.05) is 5.73 Å². The summed E-state index contributed by atoms with van der Waals surface area (Å²) in [6, 6.07) is 0.446. The molecule has 1 aliphatic carbocycles. The minimum Gasteiger partial charge on any atom is -0.383 e. The molecule has 1 saturated carbocycles. The molecule has 0 radical (unpaired) electrons. The van der Waals surface area contributed by atoms with Crippen molar-refractivity contribution in [1.82, 2.24) is 9.78 Å². The van der Waals surface area contributed by atoms with Crippen molar-refractivity contribution in [2.24, 2.45) is 5.92 Å². The number of anilines is 1. The molecular formula is C10H16ClN3. The van der Waals surface area contributed by atoms with E-state index in [1.165, 1.54) is 12.8 Å². The number of hydrogen-bond donors (Lipinski definition) is 1. The zero-order chi connectivity index (χ0) is 10.3. The van der Waals surface area contributed by atoms with Crippen LogP contribution in [0.3, 0.4) is 0 Å². The molecule has 1 atom stereocenters. The maximum absolute atomic E-state index is 6.02. The highest BCUT2D eigenvalue weighted by molar-refractivity contribution is 6.33. The third-order valence-electron chi connectivity index (χ3n) is 2.95. The average Bonchev–Trinajstić information content (AvgIpc) is 2.95. The third kappa shape index (κ3) is 1.50. The number of halogens is 1. The number of nitrogens with zero attached hydrogens (tertiary/aromatic N) is 2. The van der Waals surface area contributed by atoms with Gasteiger partial charge in [-0.25, -0.2) is 4.68 Å². The normalized spacial score (nSPS) is 18.5. The first-order chi connectivity index (χ1) is 6.65. The van der Waals surface area contributed by atoms with Crippen LogP contribution in [0.25, 0.3) is 0 Å². The first-order valence-electron chi connectivity index (χ1n) is 5.15. The van der Waals surface area contributed by atoms with Crippen LogP contribution in [-0.4, -0.2) is 9.78 Å². The van der Waals surface area contributed by atoms with E-state index in [1.807, 2.05) is 11.6 Å². The molecule has 2 rings (SSSR count). The van der Waals surface area contributed by atoms with Gasteiger partial charge in [0.25, 0.3) is 0 Å². The molecule has 1 heterocycles. The van der Waals surface area contributed by atoms with Gasteiger partial charge in [-0.05, 0) is 32.1 Å². The van der Waals surface area contributed by atoms with Crippen molar-refractivity contribution >= 4 is 17.4 Å². The fourth-order valence-electron chi connectivity index (χ4n) is 1.99. The van der Waals surface area contributed by atoms with Crippen LogP contribution < -0.4 is 5.73 Å². The Labute approximate surface area is 89.2 Å². The van der Waals surface area contributed by atoms with Crippen molar-refractivity contribution in [1.29, 1.82) is 0 Å². The van der Waals surface area contributed by atoms with Gasteiger partial charge in [-0.2, -0.15) is 5.10 Å². The fourth-order valence-corrected chi connectivity index (χ4v) is 2.11. The minimum atomic E-state index is 0.446. The van der Waals surface area contributed by atoms with Crippen LogP contribution in [0.4, 0.5) is 5.82 Å². The Morgan fingerprint density at radius 3 is 2.64 bits per heavy atom. The molecule has 4 heteroatoms. The summed E-state index contributed by atoms with van der Waals surface area (Å²) in [5.74, 6) is 1.39. The van der Waals surface area contributed by atoms with Gasteiger partial charge < -0.3 is 5.73 Å². The Morgan fingerprint density at radius 2 is 2.29 bits per heavy atom. The molecule has 1 aromatic rings. The van der Waals surface area contributed by atoms with Gasteiger partial charge in [0.2, 0.25) is 0 Å². The molecule has 0 aromatic carbocycles. The molecule has 14 heavy (non-hydrogen) atoms. The maximum atomic E-state index is 6.02. The van der Waals surface area contributed by atoms with E-state index < -0.39 is 0 Å². The standard InChI is InChI=1S/C10H16ClN3/c1-3-8(7-4-5-7)14-10(12)9(11)6(2)13-14/h7-8H,3-5,12H2,1-2H3. The van der Waals surface area contributed by atoms with E-state index in [-0.39, 0.29) is 0 Å². The summed E-state index contributed by atoms with van der Waals surface area (Å²) in [4.78, 5) is 0. The van der Waals surface area contributed by atoms with E-state index in [2.05, 4.69) is 12.0 Å².